The smallest absolute Gasteiger partial charge is 0.325 e. The number of nitrogens with one attached hydrogen (secondary N) is 2. The first kappa shape index (κ1) is 21.7. The van der Waals surface area contributed by atoms with Gasteiger partial charge in [-0.05, 0) is 35.2 Å². The molecule has 9 heteroatoms. The van der Waals surface area contributed by atoms with E-state index in [-0.39, 0.29) is 18.2 Å². The van der Waals surface area contributed by atoms with E-state index in [1.165, 1.54) is 24.5 Å². The number of methoxy groups -OCH3 is 1. The van der Waals surface area contributed by atoms with Gasteiger partial charge in [-0.2, -0.15) is 0 Å². The fourth-order valence-electron chi connectivity index (χ4n) is 2.88. The van der Waals surface area contributed by atoms with E-state index in [0.29, 0.717) is 16.1 Å². The van der Waals surface area contributed by atoms with Crippen LogP contribution in [0.3, 0.4) is 0 Å². The van der Waals surface area contributed by atoms with Crippen LogP contribution in [0, 0.1) is 0 Å². The Kier molecular flexibility index (Phi) is 6.96. The molecule has 0 aliphatic heterocycles. The third-order valence-corrected chi connectivity index (χ3v) is 6.16. The van der Waals surface area contributed by atoms with Gasteiger partial charge in [-0.15, -0.1) is 11.3 Å². The van der Waals surface area contributed by atoms with Crippen molar-refractivity contribution in [3.05, 3.63) is 64.5 Å². The lowest BCUT2D eigenvalue weighted by Gasteiger charge is -2.08. The van der Waals surface area contributed by atoms with Crippen LogP contribution >= 0.6 is 11.3 Å². The topological polar surface area (TPSA) is 102 Å². The monoisotopic (exact) mass is 444 g/mol. The quantitative estimate of drug-likeness (QED) is 0.546. The number of esters is 1. The molecule has 0 spiro atoms. The molecule has 0 radical (unpaired) electrons. The first-order chi connectivity index (χ1) is 14.4. The zero-order valence-corrected chi connectivity index (χ0v) is 18.0. The molecule has 7 nitrogen and oxygen atoms in total. The van der Waals surface area contributed by atoms with E-state index in [4.69, 9.17) is 0 Å². The molecule has 0 bridgehead atoms. The van der Waals surface area contributed by atoms with Crippen LogP contribution < -0.4 is 10.6 Å². The van der Waals surface area contributed by atoms with Crippen molar-refractivity contribution in [3.8, 4) is 0 Å². The molecule has 1 aromatic heterocycles. The van der Waals surface area contributed by atoms with E-state index in [9.17, 15) is 18.6 Å². The number of fused-ring (bicyclic) bond motifs is 1. The van der Waals surface area contributed by atoms with Crippen molar-refractivity contribution in [1.29, 1.82) is 0 Å². The summed E-state index contributed by atoms with van der Waals surface area (Å²) in [5.41, 5.74) is 1.48. The summed E-state index contributed by atoms with van der Waals surface area (Å²) in [6, 6.07) is 14.0. The second-order valence-corrected chi connectivity index (χ2v) is 8.90. The number of ether oxygens (including phenoxy) is 1. The number of amides is 2. The zero-order valence-electron chi connectivity index (χ0n) is 16.4. The minimum atomic E-state index is -1.11. The van der Waals surface area contributed by atoms with Crippen LogP contribution in [0.2, 0.25) is 0 Å². The van der Waals surface area contributed by atoms with Crippen LogP contribution in [0.5, 0.6) is 0 Å². The zero-order chi connectivity index (χ0) is 21.7. The number of carbonyl (C=O) groups excluding carboxylic acids is 3. The van der Waals surface area contributed by atoms with Gasteiger partial charge in [-0.1, -0.05) is 24.3 Å². The normalized spacial score (nSPS) is 11.7. The Balaban J connectivity index is 1.82. The molecule has 0 fully saturated rings. The first-order valence-electron chi connectivity index (χ1n) is 8.96. The van der Waals surface area contributed by atoms with Gasteiger partial charge in [0.1, 0.15) is 6.54 Å². The molecule has 2 amide bonds. The summed E-state index contributed by atoms with van der Waals surface area (Å²) >= 11 is 1.34. The van der Waals surface area contributed by atoms with Gasteiger partial charge in [-0.25, -0.2) is 0 Å². The summed E-state index contributed by atoms with van der Waals surface area (Å²) < 4.78 is 17.3. The number of benzene rings is 2. The lowest BCUT2D eigenvalue weighted by atomic mass is 10.1. The maximum Gasteiger partial charge on any atom is 0.325 e. The number of anilines is 1. The molecule has 2 N–H and O–H groups in total. The van der Waals surface area contributed by atoms with Gasteiger partial charge in [0.25, 0.3) is 11.8 Å². The highest BCUT2D eigenvalue weighted by atomic mass is 32.2. The van der Waals surface area contributed by atoms with Crippen molar-refractivity contribution < 1.29 is 23.3 Å². The molecule has 156 valence electrons. The van der Waals surface area contributed by atoms with E-state index >= 15 is 0 Å². The standard InChI is InChI=1S/C21H20N2O5S2/c1-28-18(24)11-22-20(25)13-6-5-7-14(10-13)23-21(26)19-16(12-30(2)27)15-8-3-4-9-17(15)29-19/h3-10H,11-12H2,1-2H3,(H,22,25)(H,23,26). The molecule has 1 heterocycles. The lowest BCUT2D eigenvalue weighted by Crippen LogP contribution is -2.30. The highest BCUT2D eigenvalue weighted by Crippen LogP contribution is 2.32. The fourth-order valence-corrected chi connectivity index (χ4v) is 4.80. The first-order valence-corrected chi connectivity index (χ1v) is 11.5. The van der Waals surface area contributed by atoms with E-state index in [2.05, 4.69) is 15.4 Å². The van der Waals surface area contributed by atoms with Crippen LogP contribution in [-0.2, 0) is 26.1 Å². The van der Waals surface area contributed by atoms with Crippen molar-refractivity contribution >= 4 is 55.7 Å². The Morgan fingerprint density at radius 2 is 1.83 bits per heavy atom. The van der Waals surface area contributed by atoms with Crippen LogP contribution in [-0.4, -0.2) is 41.9 Å². The minimum absolute atomic E-state index is 0.245. The molecule has 0 aliphatic rings. The lowest BCUT2D eigenvalue weighted by molar-refractivity contribution is -0.139. The molecular formula is C21H20N2O5S2. The average molecular weight is 445 g/mol. The Bertz CT molecular complexity index is 1140. The van der Waals surface area contributed by atoms with Crippen LogP contribution in [0.1, 0.15) is 25.6 Å². The summed E-state index contributed by atoms with van der Waals surface area (Å²) in [7, 11) is 0.132. The Morgan fingerprint density at radius 1 is 1.07 bits per heavy atom. The molecule has 0 aliphatic carbocycles. The number of thiophene rings is 1. The predicted molar refractivity (Wildman–Crippen MR) is 118 cm³/mol. The molecule has 1 unspecified atom stereocenters. The molecule has 0 saturated heterocycles. The number of rotatable bonds is 7. The molecule has 3 rings (SSSR count). The third-order valence-electron chi connectivity index (χ3n) is 4.26. The summed E-state index contributed by atoms with van der Waals surface area (Å²) in [4.78, 5) is 36.8. The van der Waals surface area contributed by atoms with Crippen LogP contribution in [0.4, 0.5) is 5.69 Å². The predicted octanol–water partition coefficient (Wildman–Crippen LogP) is 2.93. The van der Waals surface area contributed by atoms with Gasteiger partial charge in [-0.3, -0.25) is 18.6 Å². The van der Waals surface area contributed by atoms with Crippen molar-refractivity contribution in [2.45, 2.75) is 5.75 Å². The fraction of sp³-hybridized carbons (Fsp3) is 0.190. The maximum absolute atomic E-state index is 13.0. The van der Waals surface area contributed by atoms with Crippen LogP contribution in [0.15, 0.2) is 48.5 Å². The van der Waals surface area contributed by atoms with Gasteiger partial charge in [0.05, 0.1) is 17.7 Å². The molecular weight excluding hydrogens is 424 g/mol. The molecule has 1 atom stereocenters. The van der Waals surface area contributed by atoms with Gasteiger partial charge >= 0.3 is 5.97 Å². The Morgan fingerprint density at radius 3 is 2.57 bits per heavy atom. The van der Waals surface area contributed by atoms with E-state index in [0.717, 1.165) is 15.6 Å². The minimum Gasteiger partial charge on any atom is -0.468 e. The van der Waals surface area contributed by atoms with Crippen molar-refractivity contribution in [3.63, 3.8) is 0 Å². The Hall–Kier alpha value is -3.04. The van der Waals surface area contributed by atoms with Gasteiger partial charge in [0.15, 0.2) is 0 Å². The van der Waals surface area contributed by atoms with Gasteiger partial charge in [0.2, 0.25) is 0 Å². The summed E-state index contributed by atoms with van der Waals surface area (Å²) in [6.07, 6.45) is 1.60. The molecule has 30 heavy (non-hydrogen) atoms. The van der Waals surface area contributed by atoms with Crippen molar-refractivity contribution in [2.75, 3.05) is 25.2 Å². The maximum atomic E-state index is 13.0. The van der Waals surface area contributed by atoms with E-state index in [1.54, 1.807) is 24.5 Å². The highest BCUT2D eigenvalue weighted by Gasteiger charge is 2.19. The van der Waals surface area contributed by atoms with Gasteiger partial charge in [0, 0.05) is 33.0 Å². The highest BCUT2D eigenvalue weighted by molar-refractivity contribution is 7.83. The largest absolute Gasteiger partial charge is 0.468 e. The number of hydrogen-bond acceptors (Lipinski definition) is 6. The SMILES string of the molecule is COC(=O)CNC(=O)c1cccc(NC(=O)c2sc3ccccc3c2CS(C)=O)c1. The van der Waals surface area contributed by atoms with E-state index in [1.807, 2.05) is 24.3 Å². The number of hydrogen-bond donors (Lipinski definition) is 2. The van der Waals surface area contributed by atoms with E-state index < -0.39 is 22.7 Å². The molecule has 3 aromatic rings. The van der Waals surface area contributed by atoms with Crippen molar-refractivity contribution in [1.82, 2.24) is 5.32 Å². The Labute approximate surface area is 179 Å². The van der Waals surface area contributed by atoms with Gasteiger partial charge < -0.3 is 15.4 Å². The third kappa shape index (κ3) is 5.11. The van der Waals surface area contributed by atoms with Crippen LogP contribution in [0.25, 0.3) is 10.1 Å². The van der Waals surface area contributed by atoms with Crippen molar-refractivity contribution in [2.24, 2.45) is 0 Å². The summed E-state index contributed by atoms with van der Waals surface area (Å²) in [5.74, 6) is -1.06. The molecule has 2 aromatic carbocycles. The number of carbonyl (C=O) groups is 3. The average Bonchev–Trinajstić information content (AvgIpc) is 3.10. The summed E-state index contributed by atoms with van der Waals surface area (Å²) in [6.45, 7) is -0.245. The summed E-state index contributed by atoms with van der Waals surface area (Å²) in [5, 5.41) is 6.17. The second-order valence-electron chi connectivity index (χ2n) is 6.42. The molecule has 0 saturated carbocycles. The second kappa shape index (κ2) is 9.64.